The van der Waals surface area contributed by atoms with E-state index in [0.29, 0.717) is 18.7 Å². The highest BCUT2D eigenvalue weighted by Crippen LogP contribution is 2.37. The van der Waals surface area contributed by atoms with Crippen molar-refractivity contribution in [2.75, 3.05) is 0 Å². The van der Waals surface area contributed by atoms with E-state index in [4.69, 9.17) is 4.65 Å². The van der Waals surface area contributed by atoms with Crippen LogP contribution >= 0.6 is 0 Å². The van der Waals surface area contributed by atoms with Gasteiger partial charge in [0.05, 0.1) is 0 Å². The zero-order chi connectivity index (χ0) is 8.65. The molecule has 1 aliphatic rings. The van der Waals surface area contributed by atoms with E-state index >= 15 is 0 Å². The third-order valence-corrected chi connectivity index (χ3v) is 2.97. The lowest BCUT2D eigenvalue weighted by Gasteiger charge is -2.24. The second kappa shape index (κ2) is 2.82. The molecule has 1 saturated heterocycles. The Kier molecular flexibility index (Phi) is 2.33. The van der Waals surface area contributed by atoms with Gasteiger partial charge in [0, 0.05) is 5.60 Å². The molecule has 1 heterocycles. The van der Waals surface area contributed by atoms with Gasteiger partial charge in [0.15, 0.2) is 0 Å². The van der Waals surface area contributed by atoms with E-state index in [-0.39, 0.29) is 5.60 Å². The third kappa shape index (κ3) is 1.78. The molecule has 0 aromatic heterocycles. The van der Waals surface area contributed by atoms with Gasteiger partial charge in [-0.1, -0.05) is 20.8 Å². The quantitative estimate of drug-likeness (QED) is 0.527. The molecule has 0 amide bonds. The molecule has 0 N–H and O–H groups in total. The van der Waals surface area contributed by atoms with Crippen molar-refractivity contribution < 1.29 is 4.65 Å². The summed E-state index contributed by atoms with van der Waals surface area (Å²) in [7, 11) is 0. The fourth-order valence-electron chi connectivity index (χ4n) is 1.59. The number of rotatable bonds is 1. The molecule has 2 heteroatoms. The predicted octanol–water partition coefficient (Wildman–Crippen LogP) is 2.83. The van der Waals surface area contributed by atoms with Crippen LogP contribution in [0.4, 0.5) is 0 Å². The van der Waals surface area contributed by atoms with Crippen LogP contribution < -0.4 is 0 Å². The Morgan fingerprint density at radius 2 is 2.00 bits per heavy atom. The van der Waals surface area contributed by atoms with Gasteiger partial charge in [-0.25, -0.2) is 0 Å². The molecule has 1 unspecified atom stereocenters. The molecule has 1 rings (SSSR count). The summed E-state index contributed by atoms with van der Waals surface area (Å²) in [5.41, 5.74) is 0.106. The average molecular weight is 154 g/mol. The lowest BCUT2D eigenvalue weighted by Crippen LogP contribution is -2.27. The average Bonchev–Trinajstić information content (AvgIpc) is 2.08. The van der Waals surface area contributed by atoms with Crippen LogP contribution in [0.2, 0.25) is 12.1 Å². The van der Waals surface area contributed by atoms with E-state index in [1.165, 1.54) is 6.32 Å². The van der Waals surface area contributed by atoms with E-state index in [2.05, 4.69) is 34.6 Å². The van der Waals surface area contributed by atoms with Gasteiger partial charge in [-0.05, 0) is 31.9 Å². The largest absolute Gasteiger partial charge is 0.431 e. The van der Waals surface area contributed by atoms with Crippen molar-refractivity contribution in [3.8, 4) is 0 Å². The Bertz CT molecular complexity index is 142. The summed E-state index contributed by atoms with van der Waals surface area (Å²) in [6.45, 7) is 11.6. The minimum absolute atomic E-state index is 0.106. The van der Waals surface area contributed by atoms with Crippen LogP contribution in [0, 0.1) is 5.92 Å². The van der Waals surface area contributed by atoms with Gasteiger partial charge >= 0.3 is 0 Å². The van der Waals surface area contributed by atoms with Crippen LogP contribution in [-0.4, -0.2) is 12.5 Å². The van der Waals surface area contributed by atoms with Gasteiger partial charge < -0.3 is 4.65 Å². The molecule has 0 aromatic carbocycles. The van der Waals surface area contributed by atoms with Crippen LogP contribution in [0.15, 0.2) is 0 Å². The molecule has 1 aliphatic heterocycles. The van der Waals surface area contributed by atoms with Gasteiger partial charge in [-0.3, -0.25) is 0 Å². The second-order valence-electron chi connectivity index (χ2n) is 4.64. The molecule has 1 nitrogen and oxygen atoms in total. The Labute approximate surface area is 70.6 Å². The maximum atomic E-state index is 5.92. The molecule has 1 atom stereocenters. The normalized spacial score (nSPS) is 30.0. The van der Waals surface area contributed by atoms with Crippen molar-refractivity contribution in [1.82, 2.24) is 0 Å². The molecule has 0 saturated carbocycles. The summed E-state index contributed by atoms with van der Waals surface area (Å²) in [5.74, 6) is 1.37. The summed E-state index contributed by atoms with van der Waals surface area (Å²) in [6, 6.07) is 0. The molecule has 1 fully saturated rings. The predicted molar refractivity (Wildman–Crippen MR) is 50.0 cm³/mol. The van der Waals surface area contributed by atoms with E-state index < -0.39 is 0 Å². The van der Waals surface area contributed by atoms with Crippen molar-refractivity contribution in [3.05, 3.63) is 0 Å². The number of hydrogen-bond acceptors (Lipinski definition) is 1. The van der Waals surface area contributed by atoms with Crippen molar-refractivity contribution in [2.45, 2.75) is 52.4 Å². The van der Waals surface area contributed by atoms with Gasteiger partial charge in [-0.15, -0.1) is 0 Å². The van der Waals surface area contributed by atoms with Crippen molar-refractivity contribution in [1.29, 1.82) is 0 Å². The fraction of sp³-hybridized carbons (Fsp3) is 1.00. The second-order valence-corrected chi connectivity index (χ2v) is 4.64. The highest BCUT2D eigenvalue weighted by molar-refractivity contribution is 6.54. The maximum absolute atomic E-state index is 5.92. The summed E-state index contributed by atoms with van der Waals surface area (Å²) in [6.07, 6.45) is 1.23. The summed E-state index contributed by atoms with van der Waals surface area (Å²) >= 11 is 0. The highest BCUT2D eigenvalue weighted by Gasteiger charge is 2.41. The molecule has 0 radical (unpaired) electrons. The summed E-state index contributed by atoms with van der Waals surface area (Å²) < 4.78 is 5.92. The fourth-order valence-corrected chi connectivity index (χ4v) is 1.59. The minimum atomic E-state index is 0.106. The molecular weight excluding hydrogens is 135 g/mol. The van der Waals surface area contributed by atoms with Gasteiger partial charge in [0.2, 0.25) is 0 Å². The Balaban J connectivity index is 2.57. The first-order chi connectivity index (χ1) is 4.93. The van der Waals surface area contributed by atoms with Gasteiger partial charge in [0.1, 0.15) is 0 Å². The molecule has 0 aliphatic carbocycles. The molecule has 11 heavy (non-hydrogen) atoms. The Morgan fingerprint density at radius 3 is 2.18 bits per heavy atom. The molecule has 0 spiro atoms. The summed E-state index contributed by atoms with van der Waals surface area (Å²) in [4.78, 5) is 0. The molecular formula is C9H19BO. The standard InChI is InChI=1S/C9H19BO/c1-7(2)10-6-8(3)9(4,5)11-10/h7-8H,6H2,1-5H3. The topological polar surface area (TPSA) is 9.23 Å². The molecule has 0 aromatic rings. The van der Waals surface area contributed by atoms with Crippen LogP contribution in [0.25, 0.3) is 0 Å². The first-order valence-corrected chi connectivity index (χ1v) is 4.61. The summed E-state index contributed by atoms with van der Waals surface area (Å²) in [5, 5.41) is 0. The Morgan fingerprint density at radius 1 is 1.45 bits per heavy atom. The van der Waals surface area contributed by atoms with Crippen molar-refractivity contribution in [2.24, 2.45) is 5.92 Å². The van der Waals surface area contributed by atoms with E-state index in [1.807, 2.05) is 0 Å². The van der Waals surface area contributed by atoms with Gasteiger partial charge in [-0.2, -0.15) is 0 Å². The van der Waals surface area contributed by atoms with E-state index in [9.17, 15) is 0 Å². The zero-order valence-electron chi connectivity index (χ0n) is 8.35. The van der Waals surface area contributed by atoms with E-state index in [0.717, 1.165) is 0 Å². The monoisotopic (exact) mass is 154 g/mol. The van der Waals surface area contributed by atoms with Crippen LogP contribution in [-0.2, 0) is 4.65 Å². The first-order valence-electron chi connectivity index (χ1n) is 4.61. The minimum Gasteiger partial charge on any atom is -0.431 e. The van der Waals surface area contributed by atoms with Gasteiger partial charge in [0.25, 0.3) is 6.92 Å². The highest BCUT2D eigenvalue weighted by atomic mass is 16.5. The van der Waals surface area contributed by atoms with Crippen LogP contribution in [0.5, 0.6) is 0 Å². The number of hydrogen-bond donors (Lipinski definition) is 0. The SMILES string of the molecule is CC(C)B1CC(C)C(C)(C)O1. The zero-order valence-corrected chi connectivity index (χ0v) is 8.35. The lowest BCUT2D eigenvalue weighted by molar-refractivity contribution is 0.0917. The smallest absolute Gasteiger partial charge is 0.296 e. The lowest BCUT2D eigenvalue weighted by atomic mass is 9.54. The first kappa shape index (κ1) is 9.12. The van der Waals surface area contributed by atoms with E-state index in [1.54, 1.807) is 0 Å². The van der Waals surface area contributed by atoms with Crippen LogP contribution in [0.3, 0.4) is 0 Å². The van der Waals surface area contributed by atoms with Crippen molar-refractivity contribution in [3.63, 3.8) is 0 Å². The Hall–Kier alpha value is 0.0249. The third-order valence-electron chi connectivity index (χ3n) is 2.97. The van der Waals surface area contributed by atoms with Crippen LogP contribution in [0.1, 0.15) is 34.6 Å². The molecule has 0 bridgehead atoms. The maximum Gasteiger partial charge on any atom is 0.296 e. The van der Waals surface area contributed by atoms with Crippen molar-refractivity contribution >= 4 is 6.92 Å². The molecule has 64 valence electrons.